The molecule has 0 fully saturated rings. The van der Waals surface area contributed by atoms with E-state index in [1.165, 1.54) is 12.1 Å². The molecule has 0 spiro atoms. The van der Waals surface area contributed by atoms with Crippen LogP contribution in [-0.2, 0) is 9.59 Å². The van der Waals surface area contributed by atoms with Crippen molar-refractivity contribution in [3.05, 3.63) is 40.2 Å². The highest BCUT2D eigenvalue weighted by Gasteiger charge is 2.43. The molecule has 0 aliphatic carbocycles. The van der Waals surface area contributed by atoms with Gasteiger partial charge in [0.15, 0.2) is 11.4 Å². The first kappa shape index (κ1) is 23.4. The maximum Gasteiger partial charge on any atom is 0.333 e. The van der Waals surface area contributed by atoms with Crippen LogP contribution in [0.15, 0.2) is 29.1 Å². The molecule has 2 aromatic rings. The van der Waals surface area contributed by atoms with E-state index in [-0.39, 0.29) is 36.1 Å². The molecule has 13 nitrogen and oxygen atoms in total. The maximum absolute atomic E-state index is 12.3. The summed E-state index contributed by atoms with van der Waals surface area (Å²) in [5.74, 6) is -2.76. The lowest BCUT2D eigenvalue weighted by Gasteiger charge is -2.36. The molecule has 1 aliphatic heterocycles. The van der Waals surface area contributed by atoms with E-state index in [9.17, 15) is 29.4 Å². The van der Waals surface area contributed by atoms with Crippen LogP contribution in [0.5, 0.6) is 0 Å². The first-order valence-electron chi connectivity index (χ1n) is 10.2. The normalized spacial score (nSPS) is 17.6. The first-order valence-corrected chi connectivity index (χ1v) is 10.2. The van der Waals surface area contributed by atoms with Crippen LogP contribution in [0, 0.1) is 0 Å². The number of carbonyl (C=O) groups excluding carboxylic acids is 1. The van der Waals surface area contributed by atoms with Crippen LogP contribution in [0.2, 0.25) is 0 Å². The van der Waals surface area contributed by atoms with E-state index in [1.54, 1.807) is 12.1 Å². The summed E-state index contributed by atoms with van der Waals surface area (Å²) in [6.45, 7) is 1.64. The summed E-state index contributed by atoms with van der Waals surface area (Å²) in [7, 11) is 0. The van der Waals surface area contributed by atoms with E-state index in [4.69, 9.17) is 5.73 Å². The zero-order valence-electron chi connectivity index (χ0n) is 17.8. The van der Waals surface area contributed by atoms with Gasteiger partial charge >= 0.3 is 11.9 Å². The van der Waals surface area contributed by atoms with Gasteiger partial charge in [-0.05, 0) is 30.7 Å². The monoisotopic (exact) mass is 459 g/mol. The van der Waals surface area contributed by atoms with Crippen molar-refractivity contribution in [2.75, 3.05) is 34.8 Å². The Hall–Kier alpha value is -4.29. The van der Waals surface area contributed by atoms with Gasteiger partial charge in [0.1, 0.15) is 11.7 Å². The molecule has 0 radical (unpaired) electrons. The molecule has 2 unspecified atom stereocenters. The second-order valence-electron chi connectivity index (χ2n) is 7.62. The molecule has 13 heteroatoms. The van der Waals surface area contributed by atoms with Gasteiger partial charge < -0.3 is 37.2 Å². The van der Waals surface area contributed by atoms with Crippen LogP contribution < -0.4 is 32.6 Å². The zero-order valence-corrected chi connectivity index (χ0v) is 17.8. The largest absolute Gasteiger partial charge is 0.480 e. The number of hydrogen-bond acceptors (Lipinski definition) is 9. The van der Waals surface area contributed by atoms with Crippen molar-refractivity contribution >= 4 is 41.0 Å². The fourth-order valence-corrected chi connectivity index (χ4v) is 3.34. The number of aliphatic carboxylic acids is 2. The summed E-state index contributed by atoms with van der Waals surface area (Å²) in [5, 5.41) is 30.0. The van der Waals surface area contributed by atoms with Crippen molar-refractivity contribution in [1.29, 1.82) is 0 Å². The van der Waals surface area contributed by atoms with Gasteiger partial charge in [0.05, 0.1) is 13.1 Å². The van der Waals surface area contributed by atoms with Crippen LogP contribution in [0.25, 0.3) is 0 Å². The number of aromatic amines is 1. The number of carbonyl (C=O) groups is 3. The summed E-state index contributed by atoms with van der Waals surface area (Å²) >= 11 is 0. The van der Waals surface area contributed by atoms with Crippen molar-refractivity contribution in [3.8, 4) is 0 Å². The van der Waals surface area contributed by atoms with Crippen molar-refractivity contribution < 1.29 is 24.6 Å². The topological polar surface area (TPSA) is 212 Å². The summed E-state index contributed by atoms with van der Waals surface area (Å²) in [6, 6.07) is 5.15. The fourth-order valence-electron chi connectivity index (χ4n) is 3.34. The molecule has 1 aromatic carbocycles. The Labute approximate surface area is 187 Å². The average Bonchev–Trinajstić information content (AvgIpc) is 2.77. The number of nitrogens with two attached hydrogens (primary N) is 1. The van der Waals surface area contributed by atoms with Gasteiger partial charge in [-0.25, -0.2) is 9.59 Å². The Morgan fingerprint density at radius 3 is 2.55 bits per heavy atom. The van der Waals surface area contributed by atoms with E-state index in [0.717, 1.165) is 0 Å². The number of nitrogens with one attached hydrogen (secondary N) is 5. The second-order valence-corrected chi connectivity index (χ2v) is 7.62. The highest BCUT2D eigenvalue weighted by molar-refractivity contribution is 5.97. The van der Waals surface area contributed by atoms with E-state index in [0.29, 0.717) is 18.5 Å². The number of aromatic nitrogens is 2. The summed E-state index contributed by atoms with van der Waals surface area (Å²) in [6.07, 6.45) is 0.918. The van der Waals surface area contributed by atoms with Gasteiger partial charge in [0.25, 0.3) is 11.5 Å². The molecular formula is C20H25N7O6. The van der Waals surface area contributed by atoms with Gasteiger partial charge in [-0.2, -0.15) is 4.98 Å². The Morgan fingerprint density at radius 2 is 1.94 bits per heavy atom. The van der Waals surface area contributed by atoms with Crippen LogP contribution >= 0.6 is 0 Å². The molecule has 1 aliphatic rings. The Morgan fingerprint density at radius 1 is 1.24 bits per heavy atom. The summed E-state index contributed by atoms with van der Waals surface area (Å²) in [5.41, 5.74) is 4.09. The lowest BCUT2D eigenvalue weighted by Crippen LogP contribution is -2.59. The number of benzene rings is 1. The molecule has 176 valence electrons. The minimum Gasteiger partial charge on any atom is -0.480 e. The third kappa shape index (κ3) is 5.14. The van der Waals surface area contributed by atoms with Crippen molar-refractivity contribution in [2.45, 2.75) is 31.3 Å². The number of anilines is 4. The number of nitrogen functional groups attached to an aromatic ring is 1. The standard InChI is InChI=1S/C20H25N7O6/c1-2-3-12(17(30)31)24-15(28)10-4-6-11(7-5-10)22-8-20(18(32)33)9-23-14-13(27-20)16(29)26-19(21)25-14/h4-7,12,22,27H,2-3,8-9H2,1H3,(H,24,28)(H,30,31)(H,32,33)(H4,21,23,25,26,29). The Bertz CT molecular complexity index is 1120. The van der Waals surface area contributed by atoms with E-state index in [2.05, 4.69) is 31.2 Å². The zero-order chi connectivity index (χ0) is 24.2. The third-order valence-electron chi connectivity index (χ3n) is 5.19. The van der Waals surface area contributed by atoms with E-state index >= 15 is 0 Å². The molecule has 2 atom stereocenters. The van der Waals surface area contributed by atoms with Gasteiger partial charge in [0.2, 0.25) is 5.95 Å². The van der Waals surface area contributed by atoms with E-state index < -0.39 is 35.0 Å². The number of nitrogens with zero attached hydrogens (tertiary/aromatic N) is 1. The maximum atomic E-state index is 12.3. The lowest BCUT2D eigenvalue weighted by atomic mass is 9.96. The fraction of sp³-hybridized carbons (Fsp3) is 0.350. The first-order chi connectivity index (χ1) is 15.6. The van der Waals surface area contributed by atoms with Crippen LogP contribution in [0.4, 0.5) is 23.1 Å². The predicted molar refractivity (Wildman–Crippen MR) is 120 cm³/mol. The summed E-state index contributed by atoms with van der Waals surface area (Å²) < 4.78 is 0. The molecule has 1 aromatic heterocycles. The number of carboxylic acid groups (broad SMARTS) is 2. The minimum absolute atomic E-state index is 0.0354. The molecule has 9 N–H and O–H groups in total. The molecule has 0 bridgehead atoms. The Kier molecular flexibility index (Phi) is 6.70. The molecule has 1 amide bonds. The number of H-pyrrole nitrogens is 1. The molecule has 2 heterocycles. The molecule has 0 saturated carbocycles. The third-order valence-corrected chi connectivity index (χ3v) is 5.19. The average molecular weight is 459 g/mol. The minimum atomic E-state index is -1.57. The van der Waals surface area contributed by atoms with E-state index in [1.807, 2.05) is 6.92 Å². The van der Waals surface area contributed by atoms with Crippen molar-refractivity contribution in [2.24, 2.45) is 0 Å². The van der Waals surface area contributed by atoms with Crippen LogP contribution in [0.3, 0.4) is 0 Å². The number of carboxylic acids is 2. The SMILES string of the molecule is CCCC(NC(=O)c1ccc(NCC2(C(=O)O)CNc3nc(N)[nH]c(=O)c3N2)cc1)C(=O)O. The van der Waals surface area contributed by atoms with Crippen molar-refractivity contribution in [1.82, 2.24) is 15.3 Å². The van der Waals surface area contributed by atoms with Crippen LogP contribution in [0.1, 0.15) is 30.1 Å². The number of rotatable bonds is 9. The predicted octanol–water partition coefficient (Wildman–Crippen LogP) is 0.108. The summed E-state index contributed by atoms with van der Waals surface area (Å²) in [4.78, 5) is 54.0. The highest BCUT2D eigenvalue weighted by atomic mass is 16.4. The van der Waals surface area contributed by atoms with Gasteiger partial charge in [-0.3, -0.25) is 14.6 Å². The smallest absolute Gasteiger partial charge is 0.333 e. The molecule has 33 heavy (non-hydrogen) atoms. The molecule has 3 rings (SSSR count). The van der Waals surface area contributed by atoms with Gasteiger partial charge in [0, 0.05) is 11.3 Å². The number of amides is 1. The molecular weight excluding hydrogens is 434 g/mol. The van der Waals surface area contributed by atoms with Crippen molar-refractivity contribution in [3.63, 3.8) is 0 Å². The Balaban J connectivity index is 1.69. The number of fused-ring (bicyclic) bond motifs is 1. The van der Waals surface area contributed by atoms with Gasteiger partial charge in [-0.15, -0.1) is 0 Å². The van der Waals surface area contributed by atoms with Crippen LogP contribution in [-0.4, -0.2) is 62.7 Å². The van der Waals surface area contributed by atoms with Gasteiger partial charge in [-0.1, -0.05) is 13.3 Å². The second kappa shape index (κ2) is 9.46. The quantitative estimate of drug-likeness (QED) is 0.252. The lowest BCUT2D eigenvalue weighted by molar-refractivity contribution is -0.141. The number of hydrogen-bond donors (Lipinski definition) is 8. The highest BCUT2D eigenvalue weighted by Crippen LogP contribution is 2.26. The molecule has 0 saturated heterocycles.